The van der Waals surface area contributed by atoms with Crippen LogP contribution in [0.4, 0.5) is 0 Å². The summed E-state index contributed by atoms with van der Waals surface area (Å²) in [5, 5.41) is 3.66. The molecule has 2 rings (SSSR count). The summed E-state index contributed by atoms with van der Waals surface area (Å²) in [5.74, 6) is 0.810. The quantitative estimate of drug-likeness (QED) is 0.893. The summed E-state index contributed by atoms with van der Waals surface area (Å²) < 4.78 is 0. The molecule has 0 bridgehead atoms. The van der Waals surface area contributed by atoms with E-state index in [-0.39, 0.29) is 0 Å². The molecule has 0 aromatic carbocycles. The van der Waals surface area contributed by atoms with E-state index >= 15 is 0 Å². The Morgan fingerprint density at radius 1 is 1.65 bits per heavy atom. The highest BCUT2D eigenvalue weighted by atomic mass is 32.1. The molecule has 3 nitrogen and oxygen atoms in total. The van der Waals surface area contributed by atoms with Crippen molar-refractivity contribution in [1.82, 2.24) is 15.2 Å². The predicted octanol–water partition coefficient (Wildman–Crippen LogP) is 2.44. The first-order chi connectivity index (χ1) is 8.16. The zero-order valence-electron chi connectivity index (χ0n) is 11.1. The van der Waals surface area contributed by atoms with Gasteiger partial charge in [-0.25, -0.2) is 4.98 Å². The lowest BCUT2D eigenvalue weighted by Crippen LogP contribution is -2.37. The molecule has 1 aromatic heterocycles. The van der Waals surface area contributed by atoms with Crippen LogP contribution in [0.1, 0.15) is 36.4 Å². The number of rotatable bonds is 4. The zero-order valence-corrected chi connectivity index (χ0v) is 11.9. The molecule has 0 amide bonds. The van der Waals surface area contributed by atoms with Crippen LogP contribution in [0.25, 0.3) is 0 Å². The molecular weight excluding hydrogens is 230 g/mol. The summed E-state index contributed by atoms with van der Waals surface area (Å²) in [7, 11) is 2.23. The van der Waals surface area contributed by atoms with Gasteiger partial charge in [0.2, 0.25) is 0 Å². The zero-order chi connectivity index (χ0) is 12.3. The van der Waals surface area contributed by atoms with Crippen molar-refractivity contribution in [2.45, 2.75) is 32.7 Å². The Labute approximate surface area is 108 Å². The van der Waals surface area contributed by atoms with Crippen LogP contribution >= 0.6 is 11.3 Å². The summed E-state index contributed by atoms with van der Waals surface area (Å²) >= 11 is 1.76. The van der Waals surface area contributed by atoms with E-state index in [9.17, 15) is 0 Å². The van der Waals surface area contributed by atoms with Gasteiger partial charge in [0.05, 0.1) is 11.2 Å². The van der Waals surface area contributed by atoms with Gasteiger partial charge in [0.15, 0.2) is 0 Å². The average molecular weight is 253 g/mol. The van der Waals surface area contributed by atoms with Crippen molar-refractivity contribution in [3.05, 3.63) is 16.1 Å². The number of nitrogens with one attached hydrogen (secondary N) is 1. The van der Waals surface area contributed by atoms with Crippen molar-refractivity contribution in [2.24, 2.45) is 5.92 Å². The Balaban J connectivity index is 1.80. The van der Waals surface area contributed by atoms with Gasteiger partial charge in [0.1, 0.15) is 0 Å². The van der Waals surface area contributed by atoms with E-state index < -0.39 is 0 Å². The normalized spacial score (nSPS) is 23.8. The lowest BCUT2D eigenvalue weighted by Gasteiger charge is -2.30. The number of hydrogen-bond donors (Lipinski definition) is 1. The van der Waals surface area contributed by atoms with E-state index in [2.05, 4.69) is 36.1 Å². The third-order valence-corrected chi connectivity index (χ3v) is 4.72. The molecule has 1 saturated heterocycles. The van der Waals surface area contributed by atoms with Crippen LogP contribution in [0.3, 0.4) is 0 Å². The van der Waals surface area contributed by atoms with Crippen LogP contribution in [0.15, 0.2) is 5.51 Å². The maximum absolute atomic E-state index is 4.31. The first kappa shape index (κ1) is 13.0. The van der Waals surface area contributed by atoms with Crippen molar-refractivity contribution >= 4 is 11.3 Å². The number of thiazole rings is 1. The third-order valence-electron chi connectivity index (χ3n) is 3.61. The van der Waals surface area contributed by atoms with Crippen LogP contribution in [-0.4, -0.2) is 36.6 Å². The molecule has 1 aliphatic heterocycles. The highest BCUT2D eigenvalue weighted by molar-refractivity contribution is 7.09. The molecule has 1 aromatic rings. The molecule has 1 aliphatic rings. The fourth-order valence-electron chi connectivity index (χ4n) is 2.60. The van der Waals surface area contributed by atoms with E-state index in [1.807, 2.05) is 5.51 Å². The Morgan fingerprint density at radius 3 is 3.12 bits per heavy atom. The molecular formula is C13H23N3S. The second-order valence-corrected chi connectivity index (χ2v) is 6.09. The van der Waals surface area contributed by atoms with Gasteiger partial charge >= 0.3 is 0 Å². The van der Waals surface area contributed by atoms with Crippen LogP contribution in [0.5, 0.6) is 0 Å². The summed E-state index contributed by atoms with van der Waals surface area (Å²) in [6.45, 7) is 7.97. The van der Waals surface area contributed by atoms with Gasteiger partial charge in [0.25, 0.3) is 0 Å². The minimum Gasteiger partial charge on any atom is -0.309 e. The van der Waals surface area contributed by atoms with Gasteiger partial charge < -0.3 is 10.2 Å². The van der Waals surface area contributed by atoms with Crippen molar-refractivity contribution in [3.63, 3.8) is 0 Å². The monoisotopic (exact) mass is 253 g/mol. The molecule has 2 heterocycles. The minimum absolute atomic E-state index is 0.440. The van der Waals surface area contributed by atoms with Gasteiger partial charge in [-0.15, -0.1) is 11.3 Å². The van der Waals surface area contributed by atoms with Gasteiger partial charge in [-0.1, -0.05) is 0 Å². The first-order valence-corrected chi connectivity index (χ1v) is 7.36. The number of aryl methyl sites for hydroxylation is 1. The highest BCUT2D eigenvalue weighted by Gasteiger charge is 2.18. The van der Waals surface area contributed by atoms with E-state index in [1.165, 1.54) is 36.5 Å². The Kier molecular flexibility index (Phi) is 4.54. The molecule has 1 fully saturated rings. The second-order valence-electron chi connectivity index (χ2n) is 5.20. The topological polar surface area (TPSA) is 28.2 Å². The van der Waals surface area contributed by atoms with Crippen molar-refractivity contribution in [2.75, 3.05) is 26.7 Å². The van der Waals surface area contributed by atoms with E-state index in [4.69, 9.17) is 0 Å². The second kappa shape index (κ2) is 5.94. The average Bonchev–Trinajstić information content (AvgIpc) is 2.72. The van der Waals surface area contributed by atoms with Crippen LogP contribution in [0.2, 0.25) is 0 Å². The number of likely N-dealkylation sites (tertiary alicyclic amines) is 1. The summed E-state index contributed by atoms with van der Waals surface area (Å²) in [6, 6.07) is 0.440. The molecule has 96 valence electrons. The number of nitrogens with zero attached hydrogens (tertiary/aromatic N) is 2. The first-order valence-electron chi connectivity index (χ1n) is 6.48. The van der Waals surface area contributed by atoms with Crippen LogP contribution in [0, 0.1) is 12.8 Å². The Hall–Kier alpha value is -0.450. The van der Waals surface area contributed by atoms with Gasteiger partial charge in [-0.2, -0.15) is 0 Å². The fourth-order valence-corrected chi connectivity index (χ4v) is 3.44. The summed E-state index contributed by atoms with van der Waals surface area (Å²) in [6.07, 6.45) is 2.71. The maximum atomic E-state index is 4.31. The van der Waals surface area contributed by atoms with Crippen molar-refractivity contribution in [1.29, 1.82) is 0 Å². The molecule has 0 aliphatic carbocycles. The number of aromatic nitrogens is 1. The van der Waals surface area contributed by atoms with Crippen molar-refractivity contribution < 1.29 is 0 Å². The van der Waals surface area contributed by atoms with Gasteiger partial charge in [-0.3, -0.25) is 0 Å². The van der Waals surface area contributed by atoms with Crippen LogP contribution in [-0.2, 0) is 0 Å². The predicted molar refractivity (Wildman–Crippen MR) is 73.5 cm³/mol. The largest absolute Gasteiger partial charge is 0.309 e. The molecule has 1 N–H and O–H groups in total. The molecule has 0 radical (unpaired) electrons. The fraction of sp³-hybridized carbons (Fsp3) is 0.769. The molecule has 0 spiro atoms. The molecule has 4 heteroatoms. The minimum atomic E-state index is 0.440. The molecule has 2 unspecified atom stereocenters. The SMILES string of the molecule is Cc1ncsc1C(C)NCC1CCCN(C)C1. The van der Waals surface area contributed by atoms with Crippen molar-refractivity contribution in [3.8, 4) is 0 Å². The summed E-state index contributed by atoms with van der Waals surface area (Å²) in [5.41, 5.74) is 3.12. The Morgan fingerprint density at radius 2 is 2.47 bits per heavy atom. The Bertz CT molecular complexity index is 350. The van der Waals surface area contributed by atoms with Gasteiger partial charge in [-0.05, 0) is 52.7 Å². The smallest absolute Gasteiger partial charge is 0.0798 e. The van der Waals surface area contributed by atoms with Crippen LogP contribution < -0.4 is 5.32 Å². The van der Waals surface area contributed by atoms with E-state index in [1.54, 1.807) is 11.3 Å². The summed E-state index contributed by atoms with van der Waals surface area (Å²) in [4.78, 5) is 8.14. The maximum Gasteiger partial charge on any atom is 0.0798 e. The molecule has 0 saturated carbocycles. The highest BCUT2D eigenvalue weighted by Crippen LogP contribution is 2.22. The van der Waals surface area contributed by atoms with E-state index in [0.29, 0.717) is 6.04 Å². The molecule has 2 atom stereocenters. The molecule has 17 heavy (non-hydrogen) atoms. The van der Waals surface area contributed by atoms with Gasteiger partial charge in [0, 0.05) is 17.5 Å². The standard InChI is InChI=1S/C13H23N3S/c1-10(13-11(2)15-9-17-13)14-7-12-5-4-6-16(3)8-12/h9-10,12,14H,4-8H2,1-3H3. The lowest BCUT2D eigenvalue weighted by molar-refractivity contribution is 0.203. The van der Waals surface area contributed by atoms with E-state index in [0.717, 1.165) is 12.5 Å². The number of hydrogen-bond acceptors (Lipinski definition) is 4. The number of piperidine rings is 1. The third kappa shape index (κ3) is 3.50. The lowest BCUT2D eigenvalue weighted by atomic mass is 9.98.